The number of nitrogens with one attached hydrogen (secondary N) is 1. The minimum Gasteiger partial charge on any atom is -0.396 e. The minimum absolute atomic E-state index is 0.0137. The lowest BCUT2D eigenvalue weighted by molar-refractivity contribution is -0.121. The first-order valence-electron chi connectivity index (χ1n) is 4.72. The summed E-state index contributed by atoms with van der Waals surface area (Å²) in [4.78, 5) is 11.2. The van der Waals surface area contributed by atoms with Gasteiger partial charge in [0.25, 0.3) is 0 Å². The van der Waals surface area contributed by atoms with Crippen LogP contribution in [0.25, 0.3) is 0 Å². The van der Waals surface area contributed by atoms with E-state index in [2.05, 4.69) is 5.32 Å². The van der Waals surface area contributed by atoms with E-state index in [1.165, 1.54) is 0 Å². The van der Waals surface area contributed by atoms with Gasteiger partial charge in [0.15, 0.2) is 0 Å². The topological polar surface area (TPSA) is 54.3 Å². The van der Waals surface area contributed by atoms with Crippen molar-refractivity contribution in [3.8, 4) is 0 Å². The Balaban J connectivity index is 2.27. The molecule has 0 radical (unpaired) electrons. The van der Waals surface area contributed by atoms with Gasteiger partial charge in [0, 0.05) is 32.0 Å². The van der Waals surface area contributed by atoms with Gasteiger partial charge in [0.05, 0.1) is 6.54 Å². The Labute approximate surface area is 83.5 Å². The zero-order valence-electron chi connectivity index (χ0n) is 8.36. The summed E-state index contributed by atoms with van der Waals surface area (Å²) in [6, 6.07) is 3.90. The van der Waals surface area contributed by atoms with Gasteiger partial charge in [0.1, 0.15) is 0 Å². The monoisotopic (exact) mass is 196 g/mol. The Bertz CT molecular complexity index is 294. The van der Waals surface area contributed by atoms with E-state index < -0.39 is 0 Å². The number of aliphatic hydroxyl groups is 1. The minimum atomic E-state index is -0.0137. The van der Waals surface area contributed by atoms with Crippen LogP contribution < -0.4 is 5.32 Å². The van der Waals surface area contributed by atoms with Gasteiger partial charge in [-0.15, -0.1) is 0 Å². The lowest BCUT2D eigenvalue weighted by Gasteiger charge is -2.05. The Morgan fingerprint density at radius 3 is 3.00 bits per heavy atom. The van der Waals surface area contributed by atoms with E-state index in [9.17, 15) is 4.79 Å². The number of rotatable bonds is 5. The van der Waals surface area contributed by atoms with E-state index in [4.69, 9.17) is 5.11 Å². The van der Waals surface area contributed by atoms with Crippen molar-refractivity contribution in [1.82, 2.24) is 9.88 Å². The average Bonchev–Trinajstić information content (AvgIpc) is 2.58. The molecular weight excluding hydrogens is 180 g/mol. The second-order valence-electron chi connectivity index (χ2n) is 3.21. The van der Waals surface area contributed by atoms with Crippen LogP contribution in [0, 0.1) is 0 Å². The van der Waals surface area contributed by atoms with Gasteiger partial charge < -0.3 is 15.0 Å². The molecule has 1 rings (SSSR count). The summed E-state index contributed by atoms with van der Waals surface area (Å²) < 4.78 is 1.96. The van der Waals surface area contributed by atoms with Crippen LogP contribution in [-0.4, -0.2) is 22.2 Å². The van der Waals surface area contributed by atoms with Crippen LogP contribution in [0.2, 0.25) is 0 Å². The smallest absolute Gasteiger partial charge is 0.220 e. The van der Waals surface area contributed by atoms with Crippen molar-refractivity contribution in [1.29, 1.82) is 0 Å². The highest BCUT2D eigenvalue weighted by molar-refractivity contribution is 5.75. The molecule has 4 heteroatoms. The molecule has 78 valence electrons. The molecule has 14 heavy (non-hydrogen) atoms. The average molecular weight is 196 g/mol. The normalized spacial score (nSPS) is 10.1. The summed E-state index contributed by atoms with van der Waals surface area (Å²) in [5.41, 5.74) is 1.07. The van der Waals surface area contributed by atoms with Crippen molar-refractivity contribution in [3.05, 3.63) is 24.0 Å². The van der Waals surface area contributed by atoms with Gasteiger partial charge in [-0.05, 0) is 18.6 Å². The number of carbonyl (C=O) groups is 1. The standard InChI is InChI=1S/C10H16N2O2/c1-12-6-2-4-9(12)8-11-10(14)5-3-7-13/h2,4,6,13H,3,5,7-8H2,1H3,(H,11,14). The molecule has 0 aliphatic heterocycles. The Kier molecular flexibility index (Phi) is 4.19. The molecule has 4 nitrogen and oxygen atoms in total. The van der Waals surface area contributed by atoms with Crippen LogP contribution >= 0.6 is 0 Å². The van der Waals surface area contributed by atoms with E-state index in [0.29, 0.717) is 19.4 Å². The molecule has 0 aromatic carbocycles. The molecular formula is C10H16N2O2. The first-order chi connectivity index (χ1) is 6.74. The van der Waals surface area contributed by atoms with E-state index >= 15 is 0 Å². The van der Waals surface area contributed by atoms with Gasteiger partial charge in [-0.2, -0.15) is 0 Å². The van der Waals surface area contributed by atoms with Gasteiger partial charge >= 0.3 is 0 Å². The quantitative estimate of drug-likeness (QED) is 0.717. The van der Waals surface area contributed by atoms with Gasteiger partial charge in [-0.3, -0.25) is 4.79 Å². The first-order valence-corrected chi connectivity index (χ1v) is 4.72. The zero-order chi connectivity index (χ0) is 10.4. The predicted octanol–water partition coefficient (Wildman–Crippen LogP) is 0.414. The molecule has 0 atom stereocenters. The summed E-state index contributed by atoms with van der Waals surface area (Å²) >= 11 is 0. The number of carbonyl (C=O) groups excluding carboxylic acids is 1. The van der Waals surface area contributed by atoms with Crippen LogP contribution in [-0.2, 0) is 18.4 Å². The third kappa shape index (κ3) is 3.22. The lowest BCUT2D eigenvalue weighted by Crippen LogP contribution is -2.23. The Morgan fingerprint density at radius 1 is 1.64 bits per heavy atom. The fourth-order valence-corrected chi connectivity index (χ4v) is 1.20. The molecule has 0 spiro atoms. The van der Waals surface area contributed by atoms with Crippen molar-refractivity contribution in [2.45, 2.75) is 19.4 Å². The molecule has 1 amide bonds. The van der Waals surface area contributed by atoms with E-state index in [1.807, 2.05) is 29.9 Å². The molecule has 0 unspecified atom stereocenters. The molecule has 0 fully saturated rings. The number of aliphatic hydroxyl groups excluding tert-OH is 1. The third-order valence-corrected chi connectivity index (χ3v) is 2.08. The van der Waals surface area contributed by atoms with Crippen molar-refractivity contribution in [2.75, 3.05) is 6.61 Å². The summed E-state index contributed by atoms with van der Waals surface area (Å²) in [6.45, 7) is 0.616. The molecule has 0 bridgehead atoms. The SMILES string of the molecule is Cn1cccc1CNC(=O)CCCO. The Hall–Kier alpha value is -1.29. The van der Waals surface area contributed by atoms with E-state index in [0.717, 1.165) is 5.69 Å². The number of aromatic nitrogens is 1. The van der Waals surface area contributed by atoms with Crippen LogP contribution in [0.5, 0.6) is 0 Å². The maximum atomic E-state index is 11.2. The van der Waals surface area contributed by atoms with Gasteiger partial charge in [-0.25, -0.2) is 0 Å². The molecule has 0 aliphatic rings. The van der Waals surface area contributed by atoms with Gasteiger partial charge in [0.2, 0.25) is 5.91 Å². The molecule has 1 aromatic heterocycles. The summed E-state index contributed by atoms with van der Waals surface area (Å²) in [6.07, 6.45) is 2.86. The highest BCUT2D eigenvalue weighted by Gasteiger charge is 2.01. The first kappa shape index (κ1) is 10.8. The molecule has 2 N–H and O–H groups in total. The summed E-state index contributed by atoms with van der Waals surface area (Å²) in [5, 5.41) is 11.3. The van der Waals surface area contributed by atoms with Crippen LogP contribution in [0.4, 0.5) is 0 Å². The predicted molar refractivity (Wildman–Crippen MR) is 53.6 cm³/mol. The van der Waals surface area contributed by atoms with Crippen LogP contribution in [0.15, 0.2) is 18.3 Å². The van der Waals surface area contributed by atoms with Gasteiger partial charge in [-0.1, -0.05) is 0 Å². The van der Waals surface area contributed by atoms with E-state index in [-0.39, 0.29) is 12.5 Å². The highest BCUT2D eigenvalue weighted by Crippen LogP contribution is 1.98. The largest absolute Gasteiger partial charge is 0.396 e. The van der Waals surface area contributed by atoms with Crippen molar-refractivity contribution >= 4 is 5.91 Å². The third-order valence-electron chi connectivity index (χ3n) is 2.08. The number of amides is 1. The second kappa shape index (κ2) is 5.44. The van der Waals surface area contributed by atoms with E-state index in [1.54, 1.807) is 0 Å². The fraction of sp³-hybridized carbons (Fsp3) is 0.500. The summed E-state index contributed by atoms with van der Waals surface area (Å²) in [7, 11) is 1.94. The number of aryl methyl sites for hydroxylation is 1. The van der Waals surface area contributed by atoms with Crippen molar-refractivity contribution in [3.63, 3.8) is 0 Å². The van der Waals surface area contributed by atoms with Crippen LogP contribution in [0.3, 0.4) is 0 Å². The highest BCUT2D eigenvalue weighted by atomic mass is 16.3. The molecule has 0 aliphatic carbocycles. The Morgan fingerprint density at radius 2 is 2.43 bits per heavy atom. The molecule has 1 heterocycles. The fourth-order valence-electron chi connectivity index (χ4n) is 1.20. The van der Waals surface area contributed by atoms with Crippen molar-refractivity contribution < 1.29 is 9.90 Å². The van der Waals surface area contributed by atoms with Crippen molar-refractivity contribution in [2.24, 2.45) is 7.05 Å². The second-order valence-corrected chi connectivity index (χ2v) is 3.21. The summed E-state index contributed by atoms with van der Waals surface area (Å²) in [5.74, 6) is -0.0137. The molecule has 0 saturated carbocycles. The molecule has 0 saturated heterocycles. The number of hydrogen-bond donors (Lipinski definition) is 2. The maximum absolute atomic E-state index is 11.2. The maximum Gasteiger partial charge on any atom is 0.220 e. The molecule has 1 aromatic rings. The number of nitrogens with zero attached hydrogens (tertiary/aromatic N) is 1. The van der Waals surface area contributed by atoms with Crippen LogP contribution in [0.1, 0.15) is 18.5 Å². The number of hydrogen-bond acceptors (Lipinski definition) is 2. The zero-order valence-corrected chi connectivity index (χ0v) is 8.36. The lowest BCUT2D eigenvalue weighted by atomic mass is 10.3.